The van der Waals surface area contributed by atoms with E-state index in [4.69, 9.17) is 0 Å². The van der Waals surface area contributed by atoms with Crippen molar-refractivity contribution in [1.29, 1.82) is 0 Å². The minimum absolute atomic E-state index is 0. The van der Waals surface area contributed by atoms with Crippen molar-refractivity contribution in [2.24, 2.45) is 43.8 Å². The van der Waals surface area contributed by atoms with Gasteiger partial charge in [0.15, 0.2) is 0 Å². The third kappa shape index (κ3) is 2.81. The molecule has 37 heavy (non-hydrogen) atoms. The van der Waals surface area contributed by atoms with Crippen LogP contribution in [-0.4, -0.2) is 0 Å². The van der Waals surface area contributed by atoms with E-state index in [1.54, 1.807) is 5.57 Å². The molecular weight excluding hydrogens is 571 g/mol. The predicted molar refractivity (Wildman–Crippen MR) is 145 cm³/mol. The minimum atomic E-state index is -0.0698. The first-order chi connectivity index (χ1) is 15.9. The number of allylic oxidation sites excluding steroid dienone is 16. The van der Waals surface area contributed by atoms with Gasteiger partial charge in [0, 0.05) is 10.8 Å². The van der Waals surface area contributed by atoms with Crippen molar-refractivity contribution in [2.75, 3.05) is 0 Å². The van der Waals surface area contributed by atoms with Crippen LogP contribution in [0.3, 0.4) is 0 Å². The fraction of sp³-hybridized carbons (Fsp3) is 0.500. The SMILES string of the molecule is CC1=CC=CC2[CH-]C3(C)C4(C)C(C5=CC=CC5)=CC=CC4(C)C4(C)C=CC=CC4(C)C3(C)C12C.[Cl-].[Cl-].[Zr+3]. The van der Waals surface area contributed by atoms with Gasteiger partial charge in [0.2, 0.25) is 0 Å². The molecule has 6 rings (SSSR count). The fourth-order valence-corrected chi connectivity index (χ4v) is 10.5. The van der Waals surface area contributed by atoms with Crippen molar-refractivity contribution >= 4 is 0 Å². The summed E-state index contributed by atoms with van der Waals surface area (Å²) in [7, 11) is 0. The molecule has 2 fully saturated rings. The van der Waals surface area contributed by atoms with Crippen LogP contribution in [-0.2, 0) is 26.2 Å². The normalized spacial score (nSPS) is 49.7. The van der Waals surface area contributed by atoms with Gasteiger partial charge < -0.3 is 31.2 Å². The van der Waals surface area contributed by atoms with Gasteiger partial charge >= 0.3 is 26.2 Å². The molecule has 0 saturated heterocycles. The van der Waals surface area contributed by atoms with Crippen molar-refractivity contribution in [3.05, 3.63) is 102 Å². The topological polar surface area (TPSA) is 0 Å². The van der Waals surface area contributed by atoms with Gasteiger partial charge in [-0.15, -0.1) is 17.4 Å². The predicted octanol–water partition coefficient (Wildman–Crippen LogP) is 2.91. The van der Waals surface area contributed by atoms with E-state index >= 15 is 0 Å². The Kier molecular flexibility index (Phi) is 7.47. The van der Waals surface area contributed by atoms with E-state index < -0.39 is 0 Å². The van der Waals surface area contributed by atoms with E-state index in [1.807, 2.05) is 0 Å². The second kappa shape index (κ2) is 8.95. The standard InChI is InChI=1S/C34H41.2ClH.Zr/c1-24-15-13-18-26-23-31(5)33(7)27(25-16-9-10-17-25)19-14-22-29(33,3)28(2)20-11-12-21-30(28,4)34(31,8)32(24,26)6;;;/h9-16,18-23,26H,17H2,1-8H3;2*1H;/q-1;;;+3/p-2. The minimum Gasteiger partial charge on any atom is -1.00 e. The van der Waals surface area contributed by atoms with Crippen LogP contribution < -0.4 is 24.8 Å². The van der Waals surface area contributed by atoms with Gasteiger partial charge in [-0.05, 0) is 46.2 Å². The Bertz CT molecular complexity index is 1240. The molecule has 6 aliphatic carbocycles. The summed E-state index contributed by atoms with van der Waals surface area (Å²) in [6.07, 6.45) is 35.2. The first-order valence-corrected chi connectivity index (χ1v) is 13.2. The van der Waals surface area contributed by atoms with Crippen LogP contribution >= 0.6 is 0 Å². The van der Waals surface area contributed by atoms with Gasteiger partial charge in [-0.1, -0.05) is 127 Å². The van der Waals surface area contributed by atoms with Crippen LogP contribution in [0.15, 0.2) is 95.7 Å². The summed E-state index contributed by atoms with van der Waals surface area (Å²) in [4.78, 5) is 0. The summed E-state index contributed by atoms with van der Waals surface area (Å²) in [5.74, 6) is 0.426. The molecule has 0 heterocycles. The molecule has 0 aliphatic heterocycles. The maximum absolute atomic E-state index is 2.80. The Morgan fingerprint density at radius 1 is 0.730 bits per heavy atom. The van der Waals surface area contributed by atoms with Crippen molar-refractivity contribution in [1.82, 2.24) is 0 Å². The smallest absolute Gasteiger partial charge is 1.00 e. The quantitative estimate of drug-likeness (QED) is 0.401. The van der Waals surface area contributed by atoms with Gasteiger partial charge in [0.25, 0.3) is 0 Å². The number of halogens is 2. The molecule has 6 aliphatic rings. The molecule has 1 radical (unpaired) electrons. The monoisotopic (exact) mass is 609 g/mol. The van der Waals surface area contributed by atoms with Gasteiger partial charge in [0.05, 0.1) is 0 Å². The molecule has 0 N–H and O–H groups in total. The Morgan fingerprint density at radius 2 is 1.35 bits per heavy atom. The second-order valence-electron chi connectivity index (χ2n) is 13.2. The van der Waals surface area contributed by atoms with Crippen LogP contribution in [0.2, 0.25) is 0 Å². The van der Waals surface area contributed by atoms with Crippen LogP contribution in [0.1, 0.15) is 61.8 Å². The third-order valence-electron chi connectivity index (χ3n) is 13.3. The van der Waals surface area contributed by atoms with E-state index in [-0.39, 0.29) is 88.9 Å². The largest absolute Gasteiger partial charge is 3.00 e. The summed E-state index contributed by atoms with van der Waals surface area (Å²) in [6.45, 7) is 20.6. The summed E-state index contributed by atoms with van der Waals surface area (Å²) < 4.78 is 0. The first-order valence-electron chi connectivity index (χ1n) is 13.2. The van der Waals surface area contributed by atoms with Crippen LogP contribution in [0, 0.1) is 50.2 Å². The van der Waals surface area contributed by atoms with Crippen molar-refractivity contribution in [2.45, 2.75) is 61.8 Å². The zero-order valence-corrected chi connectivity index (χ0v) is 27.6. The Morgan fingerprint density at radius 3 is 1.97 bits per heavy atom. The molecule has 8 atom stereocenters. The average Bonchev–Trinajstić information content (AvgIpc) is 3.39. The second-order valence-corrected chi connectivity index (χ2v) is 13.2. The molecule has 3 heteroatoms. The molecule has 195 valence electrons. The zero-order chi connectivity index (χ0) is 24.4. The van der Waals surface area contributed by atoms with Gasteiger partial charge in [-0.2, -0.15) is 0 Å². The van der Waals surface area contributed by atoms with Gasteiger partial charge in [0.1, 0.15) is 0 Å². The zero-order valence-electron chi connectivity index (χ0n) is 23.6. The number of rotatable bonds is 1. The molecule has 2 saturated carbocycles. The van der Waals surface area contributed by atoms with E-state index in [1.165, 1.54) is 11.1 Å². The molecule has 8 unspecified atom stereocenters. The molecular formula is C34H41Cl2Zr. The number of hydrogen-bond acceptors (Lipinski definition) is 0. The van der Waals surface area contributed by atoms with Gasteiger partial charge in [-0.25, -0.2) is 0 Å². The molecule has 0 aromatic heterocycles. The molecule has 0 spiro atoms. The summed E-state index contributed by atoms with van der Waals surface area (Å²) in [5, 5.41) is 0. The average molecular weight is 612 g/mol. The number of fused-ring (bicyclic) bond motifs is 8. The maximum atomic E-state index is 2.80. The van der Waals surface area contributed by atoms with Crippen LogP contribution in [0.5, 0.6) is 0 Å². The Balaban J connectivity index is 0.00000127. The molecule has 0 aromatic carbocycles. The summed E-state index contributed by atoms with van der Waals surface area (Å²) in [5.41, 5.74) is 4.36. The summed E-state index contributed by atoms with van der Waals surface area (Å²) >= 11 is 0. The van der Waals surface area contributed by atoms with E-state index in [0.717, 1.165) is 6.42 Å². The number of hydrogen-bond donors (Lipinski definition) is 0. The van der Waals surface area contributed by atoms with Crippen molar-refractivity contribution < 1.29 is 51.0 Å². The first kappa shape index (κ1) is 30.9. The fourth-order valence-electron chi connectivity index (χ4n) is 10.5. The van der Waals surface area contributed by atoms with Crippen LogP contribution in [0.25, 0.3) is 0 Å². The van der Waals surface area contributed by atoms with Crippen molar-refractivity contribution in [3.63, 3.8) is 0 Å². The van der Waals surface area contributed by atoms with Crippen LogP contribution in [0.4, 0.5) is 0 Å². The Labute approximate surface area is 257 Å². The van der Waals surface area contributed by atoms with E-state index in [0.29, 0.717) is 5.92 Å². The van der Waals surface area contributed by atoms with E-state index in [9.17, 15) is 0 Å². The maximum Gasteiger partial charge on any atom is 3.00 e. The molecule has 0 nitrogen and oxygen atoms in total. The summed E-state index contributed by atoms with van der Waals surface area (Å²) in [6, 6.07) is 0. The molecule has 0 bridgehead atoms. The van der Waals surface area contributed by atoms with Crippen molar-refractivity contribution in [3.8, 4) is 0 Å². The Hall–Kier alpha value is -0.617. The molecule has 0 aromatic rings. The third-order valence-corrected chi connectivity index (χ3v) is 13.3. The molecule has 0 amide bonds. The van der Waals surface area contributed by atoms with Gasteiger partial charge in [-0.3, -0.25) is 0 Å². The van der Waals surface area contributed by atoms with E-state index in [2.05, 4.69) is 141 Å².